The number of benzene rings is 1. The molecule has 86 valence electrons. The van der Waals surface area contributed by atoms with Crippen LogP contribution in [0.4, 0.5) is 4.39 Å². The lowest BCUT2D eigenvalue weighted by molar-refractivity contribution is 0.341. The van der Waals surface area contributed by atoms with Crippen molar-refractivity contribution in [3.8, 4) is 5.75 Å². The van der Waals surface area contributed by atoms with Crippen molar-refractivity contribution in [3.05, 3.63) is 18.2 Å². The Balaban J connectivity index is 2.23. The average Bonchev–Trinajstić information content (AvgIpc) is 2.68. The Morgan fingerprint density at radius 3 is 3.12 bits per heavy atom. The number of fused-ring (bicyclic) bond motifs is 1. The Morgan fingerprint density at radius 2 is 2.38 bits per heavy atom. The molecule has 5 heteroatoms. The lowest BCUT2D eigenvalue weighted by Crippen LogP contribution is -1.89. The van der Waals surface area contributed by atoms with Gasteiger partial charge in [0.15, 0.2) is 4.34 Å². The minimum Gasteiger partial charge on any atom is -0.494 e. The van der Waals surface area contributed by atoms with Crippen molar-refractivity contribution >= 4 is 33.3 Å². The zero-order chi connectivity index (χ0) is 11.4. The summed E-state index contributed by atoms with van der Waals surface area (Å²) in [5.74, 6) is 1.33. The normalized spacial score (nSPS) is 10.9. The third-order valence-electron chi connectivity index (χ3n) is 1.95. The zero-order valence-corrected chi connectivity index (χ0v) is 10.5. The number of nitrogens with zero attached hydrogens (tertiary/aromatic N) is 1. The lowest BCUT2D eigenvalue weighted by Gasteiger charge is -2.00. The van der Waals surface area contributed by atoms with Gasteiger partial charge in [0.25, 0.3) is 0 Å². The lowest BCUT2D eigenvalue weighted by atomic mass is 10.3. The summed E-state index contributed by atoms with van der Waals surface area (Å²) in [7, 11) is 0. The van der Waals surface area contributed by atoms with E-state index in [1.165, 1.54) is 11.8 Å². The Bertz CT molecular complexity index is 472. The van der Waals surface area contributed by atoms with E-state index in [-0.39, 0.29) is 6.67 Å². The van der Waals surface area contributed by atoms with Crippen molar-refractivity contribution in [2.24, 2.45) is 0 Å². The molecule has 0 atom stereocenters. The fourth-order valence-corrected chi connectivity index (χ4v) is 3.22. The van der Waals surface area contributed by atoms with Crippen LogP contribution >= 0.6 is 23.1 Å². The quantitative estimate of drug-likeness (QED) is 0.761. The molecule has 2 nitrogen and oxygen atoms in total. The highest BCUT2D eigenvalue weighted by Crippen LogP contribution is 2.31. The molecule has 0 aliphatic heterocycles. The van der Waals surface area contributed by atoms with E-state index in [9.17, 15) is 4.39 Å². The number of thiazole rings is 1. The Labute approximate surface area is 102 Å². The average molecular weight is 257 g/mol. The van der Waals surface area contributed by atoms with Gasteiger partial charge in [-0.3, -0.25) is 4.39 Å². The summed E-state index contributed by atoms with van der Waals surface area (Å²) in [5.41, 5.74) is 0.954. The molecule has 16 heavy (non-hydrogen) atoms. The SMILES string of the molecule is CCOc1ccc2nc(SCCF)sc2c1. The smallest absolute Gasteiger partial charge is 0.151 e. The number of hydrogen-bond acceptors (Lipinski definition) is 4. The molecule has 0 radical (unpaired) electrons. The third kappa shape index (κ3) is 2.65. The number of ether oxygens (including phenoxy) is 1. The van der Waals surface area contributed by atoms with Gasteiger partial charge in [-0.1, -0.05) is 11.8 Å². The monoisotopic (exact) mass is 257 g/mol. The summed E-state index contributed by atoms with van der Waals surface area (Å²) in [6.45, 7) is 2.30. The fraction of sp³-hybridized carbons (Fsp3) is 0.364. The molecule has 0 unspecified atom stereocenters. The number of hydrogen-bond donors (Lipinski definition) is 0. The van der Waals surface area contributed by atoms with Crippen molar-refractivity contribution in [2.75, 3.05) is 19.0 Å². The second-order valence-corrected chi connectivity index (χ2v) is 5.45. The van der Waals surface area contributed by atoms with Crippen LogP contribution in [0.25, 0.3) is 10.2 Å². The molecule has 0 fully saturated rings. The van der Waals surface area contributed by atoms with Crippen LogP contribution < -0.4 is 4.74 Å². The maximum Gasteiger partial charge on any atom is 0.151 e. The van der Waals surface area contributed by atoms with E-state index in [4.69, 9.17) is 4.74 Å². The fourth-order valence-electron chi connectivity index (χ4n) is 1.33. The van der Waals surface area contributed by atoms with E-state index in [1.807, 2.05) is 25.1 Å². The van der Waals surface area contributed by atoms with Gasteiger partial charge in [-0.05, 0) is 25.1 Å². The second kappa shape index (κ2) is 5.50. The number of thioether (sulfide) groups is 1. The second-order valence-electron chi connectivity index (χ2n) is 3.08. The first kappa shape index (κ1) is 11.7. The van der Waals surface area contributed by atoms with Gasteiger partial charge in [-0.25, -0.2) is 4.98 Å². The molecule has 0 amide bonds. The molecule has 0 saturated carbocycles. The Kier molecular flexibility index (Phi) is 4.01. The molecule has 2 aromatic rings. The zero-order valence-electron chi connectivity index (χ0n) is 8.90. The highest BCUT2D eigenvalue weighted by atomic mass is 32.2. The van der Waals surface area contributed by atoms with Gasteiger partial charge in [0.1, 0.15) is 5.75 Å². The molecule has 0 spiro atoms. The van der Waals surface area contributed by atoms with Crippen LogP contribution in [0.1, 0.15) is 6.92 Å². The van der Waals surface area contributed by atoms with E-state index in [0.717, 1.165) is 20.3 Å². The number of alkyl halides is 1. The predicted molar refractivity (Wildman–Crippen MR) is 67.5 cm³/mol. The highest BCUT2D eigenvalue weighted by molar-refractivity contribution is 8.01. The standard InChI is InChI=1S/C11H12FNOS2/c1-2-14-8-3-4-9-10(7-8)16-11(13-9)15-6-5-12/h3-4,7H,2,5-6H2,1H3. The first-order valence-corrected chi connectivity index (χ1v) is 6.86. The van der Waals surface area contributed by atoms with Gasteiger partial charge in [0.2, 0.25) is 0 Å². The number of rotatable bonds is 5. The van der Waals surface area contributed by atoms with Gasteiger partial charge < -0.3 is 4.74 Å². The van der Waals surface area contributed by atoms with E-state index in [0.29, 0.717) is 12.4 Å². The number of halogens is 1. The summed E-state index contributed by atoms with van der Waals surface area (Å²) in [6, 6.07) is 5.83. The molecule has 1 aromatic carbocycles. The van der Waals surface area contributed by atoms with Crippen molar-refractivity contribution in [2.45, 2.75) is 11.3 Å². The maximum atomic E-state index is 12.0. The molecule has 0 aliphatic carbocycles. The molecule has 0 N–H and O–H groups in total. The van der Waals surface area contributed by atoms with Crippen molar-refractivity contribution in [1.29, 1.82) is 0 Å². The van der Waals surface area contributed by atoms with E-state index in [1.54, 1.807) is 11.3 Å². The largest absolute Gasteiger partial charge is 0.494 e. The molecule has 1 heterocycles. The minimum atomic E-state index is -0.315. The highest BCUT2D eigenvalue weighted by Gasteiger charge is 2.05. The molecule has 2 rings (SSSR count). The van der Waals surface area contributed by atoms with Crippen LogP contribution in [-0.2, 0) is 0 Å². The van der Waals surface area contributed by atoms with Crippen LogP contribution in [0, 0.1) is 0 Å². The minimum absolute atomic E-state index is 0.315. The molecular weight excluding hydrogens is 245 g/mol. The summed E-state index contributed by atoms with van der Waals surface area (Å²) in [5, 5.41) is 0. The van der Waals surface area contributed by atoms with Crippen LogP contribution in [0.3, 0.4) is 0 Å². The van der Waals surface area contributed by atoms with Gasteiger partial charge in [-0.15, -0.1) is 11.3 Å². The van der Waals surface area contributed by atoms with E-state index >= 15 is 0 Å². The first-order chi connectivity index (χ1) is 7.83. The summed E-state index contributed by atoms with van der Waals surface area (Å²) in [4.78, 5) is 4.41. The molecule has 1 aromatic heterocycles. The van der Waals surface area contributed by atoms with Crippen molar-refractivity contribution in [1.82, 2.24) is 4.98 Å². The third-order valence-corrected chi connectivity index (χ3v) is 4.07. The number of aromatic nitrogens is 1. The first-order valence-electron chi connectivity index (χ1n) is 5.05. The summed E-state index contributed by atoms with van der Waals surface area (Å²) < 4.78 is 19.5. The Morgan fingerprint density at radius 1 is 1.50 bits per heavy atom. The summed E-state index contributed by atoms with van der Waals surface area (Å²) in [6.07, 6.45) is 0. The molecule has 0 aliphatic rings. The van der Waals surface area contributed by atoms with Crippen LogP contribution in [0.2, 0.25) is 0 Å². The van der Waals surface area contributed by atoms with E-state index < -0.39 is 0 Å². The van der Waals surface area contributed by atoms with Gasteiger partial charge in [0.05, 0.1) is 23.5 Å². The van der Waals surface area contributed by atoms with Crippen LogP contribution in [-0.4, -0.2) is 24.0 Å². The van der Waals surface area contributed by atoms with Crippen molar-refractivity contribution in [3.63, 3.8) is 0 Å². The molecular formula is C11H12FNOS2. The van der Waals surface area contributed by atoms with Crippen LogP contribution in [0.5, 0.6) is 5.75 Å². The molecule has 0 bridgehead atoms. The topological polar surface area (TPSA) is 22.1 Å². The maximum absolute atomic E-state index is 12.0. The van der Waals surface area contributed by atoms with E-state index in [2.05, 4.69) is 4.98 Å². The Hall–Kier alpha value is -0.810. The molecule has 0 saturated heterocycles. The summed E-state index contributed by atoms with van der Waals surface area (Å²) >= 11 is 3.04. The van der Waals surface area contributed by atoms with Gasteiger partial charge in [-0.2, -0.15) is 0 Å². The van der Waals surface area contributed by atoms with Gasteiger partial charge in [0, 0.05) is 5.75 Å². The van der Waals surface area contributed by atoms with Crippen LogP contribution in [0.15, 0.2) is 22.5 Å². The van der Waals surface area contributed by atoms with Crippen molar-refractivity contribution < 1.29 is 9.13 Å². The predicted octanol–water partition coefficient (Wildman–Crippen LogP) is 3.76. The van der Waals surface area contributed by atoms with Gasteiger partial charge >= 0.3 is 0 Å².